The highest BCUT2D eigenvalue weighted by molar-refractivity contribution is 6.32. The largest absolute Gasteiger partial charge is 0.504 e. The Balaban J connectivity index is 2.43. The van der Waals surface area contributed by atoms with Gasteiger partial charge in [-0.3, -0.25) is 4.99 Å². The van der Waals surface area contributed by atoms with Gasteiger partial charge in [0, 0.05) is 11.8 Å². The molecule has 0 atom stereocenters. The van der Waals surface area contributed by atoms with Gasteiger partial charge >= 0.3 is 0 Å². The molecule has 0 aliphatic rings. The Hall–Kier alpha value is -2.20. The van der Waals surface area contributed by atoms with Crippen LogP contribution in [0.15, 0.2) is 35.3 Å². The van der Waals surface area contributed by atoms with Crippen molar-refractivity contribution in [2.45, 2.75) is 33.1 Å². The Labute approximate surface area is 147 Å². The number of aromatic hydroxyl groups is 2. The second kappa shape index (κ2) is 7.14. The summed E-state index contributed by atoms with van der Waals surface area (Å²) in [5.41, 5.74) is 1.69. The summed E-state index contributed by atoms with van der Waals surface area (Å²) in [6.45, 7) is 8.47. The third-order valence-corrected chi connectivity index (χ3v) is 3.87. The quantitative estimate of drug-likeness (QED) is 0.747. The average Bonchev–Trinajstić information content (AvgIpc) is 2.51. The Morgan fingerprint density at radius 3 is 2.50 bits per heavy atom. The number of nitrogens with zero attached hydrogens (tertiary/aromatic N) is 1. The first kappa shape index (κ1) is 18.1. The van der Waals surface area contributed by atoms with E-state index in [2.05, 4.69) is 25.8 Å². The molecule has 0 unspecified atom stereocenters. The van der Waals surface area contributed by atoms with Crippen molar-refractivity contribution in [1.82, 2.24) is 0 Å². The number of rotatable bonds is 4. The summed E-state index contributed by atoms with van der Waals surface area (Å²) in [5, 5.41) is 20.6. The van der Waals surface area contributed by atoms with Gasteiger partial charge in [0.15, 0.2) is 17.2 Å². The molecule has 0 saturated heterocycles. The Morgan fingerprint density at radius 2 is 1.88 bits per heavy atom. The molecule has 2 rings (SSSR count). The summed E-state index contributed by atoms with van der Waals surface area (Å²) in [7, 11) is 0. The molecule has 0 fully saturated rings. The molecule has 0 aliphatic heterocycles. The Kier molecular flexibility index (Phi) is 5.40. The van der Waals surface area contributed by atoms with Crippen molar-refractivity contribution in [3.05, 3.63) is 46.5 Å². The summed E-state index contributed by atoms with van der Waals surface area (Å²) >= 11 is 6.11. The van der Waals surface area contributed by atoms with Gasteiger partial charge in [-0.1, -0.05) is 38.4 Å². The van der Waals surface area contributed by atoms with Crippen LogP contribution in [0.3, 0.4) is 0 Å². The van der Waals surface area contributed by atoms with Crippen LogP contribution in [-0.2, 0) is 5.41 Å². The van der Waals surface area contributed by atoms with Crippen LogP contribution in [0.2, 0.25) is 5.02 Å². The number of phenols is 2. The minimum absolute atomic E-state index is 0.0145. The van der Waals surface area contributed by atoms with Crippen molar-refractivity contribution in [2.24, 2.45) is 4.99 Å². The van der Waals surface area contributed by atoms with E-state index in [1.54, 1.807) is 30.3 Å². The highest BCUT2D eigenvalue weighted by Gasteiger charge is 2.18. The van der Waals surface area contributed by atoms with E-state index in [9.17, 15) is 10.2 Å². The minimum atomic E-state index is -0.126. The van der Waals surface area contributed by atoms with Gasteiger partial charge in [-0.25, -0.2) is 0 Å². The number of para-hydroxylation sites is 1. The zero-order valence-corrected chi connectivity index (χ0v) is 15.1. The molecule has 2 aromatic carbocycles. The topological polar surface area (TPSA) is 62.0 Å². The first-order valence-electron chi connectivity index (χ1n) is 7.76. The van der Waals surface area contributed by atoms with Crippen LogP contribution in [0.1, 0.15) is 38.8 Å². The van der Waals surface area contributed by atoms with Gasteiger partial charge < -0.3 is 14.9 Å². The lowest BCUT2D eigenvalue weighted by Gasteiger charge is -2.20. The molecule has 0 spiro atoms. The van der Waals surface area contributed by atoms with Gasteiger partial charge in [-0.2, -0.15) is 0 Å². The standard InChI is InChI=1S/C19H22ClNO3/c1-5-24-16-8-6-7-12(17(16)22)11-21-15-10-13(19(2,3)4)9-14(20)18(15)23/h6-11,22-23H,5H2,1-4H3. The first-order chi connectivity index (χ1) is 11.2. The van der Waals surface area contributed by atoms with Crippen LogP contribution in [0.5, 0.6) is 17.2 Å². The van der Waals surface area contributed by atoms with Crippen molar-refractivity contribution in [1.29, 1.82) is 0 Å². The van der Waals surface area contributed by atoms with Crippen LogP contribution < -0.4 is 4.74 Å². The van der Waals surface area contributed by atoms with Crippen LogP contribution in [0, 0.1) is 0 Å². The lowest BCUT2D eigenvalue weighted by Crippen LogP contribution is -2.10. The maximum atomic E-state index is 10.2. The Morgan fingerprint density at radius 1 is 1.17 bits per heavy atom. The molecular weight excluding hydrogens is 326 g/mol. The van der Waals surface area contributed by atoms with Crippen molar-refractivity contribution >= 4 is 23.5 Å². The monoisotopic (exact) mass is 347 g/mol. The highest BCUT2D eigenvalue weighted by Crippen LogP contribution is 2.39. The number of benzene rings is 2. The normalized spacial score (nSPS) is 11.9. The molecule has 0 radical (unpaired) electrons. The lowest BCUT2D eigenvalue weighted by molar-refractivity contribution is 0.318. The lowest BCUT2D eigenvalue weighted by atomic mass is 9.87. The molecule has 24 heavy (non-hydrogen) atoms. The highest BCUT2D eigenvalue weighted by atomic mass is 35.5. The zero-order valence-electron chi connectivity index (χ0n) is 14.3. The summed E-state index contributed by atoms with van der Waals surface area (Å²) in [5.74, 6) is 0.328. The van der Waals surface area contributed by atoms with Crippen molar-refractivity contribution in [3.8, 4) is 17.2 Å². The molecule has 5 heteroatoms. The molecule has 0 heterocycles. The van der Waals surface area contributed by atoms with Crippen LogP contribution in [0.25, 0.3) is 0 Å². The summed E-state index contributed by atoms with van der Waals surface area (Å²) in [6.07, 6.45) is 1.48. The molecule has 0 amide bonds. The van der Waals surface area contributed by atoms with Crippen LogP contribution >= 0.6 is 11.6 Å². The van der Waals surface area contributed by atoms with Crippen molar-refractivity contribution < 1.29 is 14.9 Å². The Bertz CT molecular complexity index is 764. The van der Waals surface area contributed by atoms with Gasteiger partial charge in [0.2, 0.25) is 0 Å². The van der Waals surface area contributed by atoms with E-state index in [-0.39, 0.29) is 21.9 Å². The SMILES string of the molecule is CCOc1cccc(C=Nc2cc(C(C)(C)C)cc(Cl)c2O)c1O. The van der Waals surface area contributed by atoms with Gasteiger partial charge in [-0.15, -0.1) is 0 Å². The van der Waals surface area contributed by atoms with Gasteiger partial charge in [0.25, 0.3) is 0 Å². The van der Waals surface area contributed by atoms with E-state index >= 15 is 0 Å². The smallest absolute Gasteiger partial charge is 0.166 e. The van der Waals surface area contributed by atoms with Crippen molar-refractivity contribution in [3.63, 3.8) is 0 Å². The molecule has 0 aromatic heterocycles. The predicted octanol–water partition coefficient (Wildman–Crippen LogP) is 5.20. The average molecular weight is 348 g/mol. The first-order valence-corrected chi connectivity index (χ1v) is 8.13. The fourth-order valence-electron chi connectivity index (χ4n) is 2.17. The number of hydrogen-bond acceptors (Lipinski definition) is 4. The maximum absolute atomic E-state index is 10.2. The number of phenolic OH excluding ortho intramolecular Hbond substituents is 2. The summed E-state index contributed by atoms with van der Waals surface area (Å²) in [6, 6.07) is 8.70. The third-order valence-electron chi connectivity index (χ3n) is 3.58. The third kappa shape index (κ3) is 4.01. The van der Waals surface area contributed by atoms with Gasteiger partial charge in [-0.05, 0) is 42.2 Å². The van der Waals surface area contributed by atoms with Gasteiger partial charge in [0.1, 0.15) is 5.69 Å². The number of ether oxygens (including phenoxy) is 1. The molecule has 0 saturated carbocycles. The molecule has 0 bridgehead atoms. The van der Waals surface area contributed by atoms with Gasteiger partial charge in [0.05, 0.1) is 11.6 Å². The maximum Gasteiger partial charge on any atom is 0.166 e. The second-order valence-corrected chi connectivity index (χ2v) is 6.87. The van der Waals surface area contributed by atoms with E-state index < -0.39 is 0 Å². The minimum Gasteiger partial charge on any atom is -0.504 e. The summed E-state index contributed by atoms with van der Waals surface area (Å²) < 4.78 is 5.35. The van der Waals surface area contributed by atoms with Crippen LogP contribution in [0.4, 0.5) is 5.69 Å². The van der Waals surface area contributed by atoms with E-state index in [0.29, 0.717) is 23.6 Å². The number of hydrogen-bond donors (Lipinski definition) is 2. The van der Waals surface area contributed by atoms with E-state index in [1.165, 1.54) is 6.21 Å². The zero-order chi connectivity index (χ0) is 17.9. The molecule has 0 aliphatic carbocycles. The van der Waals surface area contributed by atoms with E-state index in [1.807, 2.05) is 6.92 Å². The predicted molar refractivity (Wildman–Crippen MR) is 98.3 cm³/mol. The van der Waals surface area contributed by atoms with E-state index in [4.69, 9.17) is 16.3 Å². The second-order valence-electron chi connectivity index (χ2n) is 6.46. The fraction of sp³-hybridized carbons (Fsp3) is 0.316. The number of aliphatic imine (C=N–C) groups is 1. The molecule has 128 valence electrons. The van der Waals surface area contributed by atoms with Crippen molar-refractivity contribution in [2.75, 3.05) is 6.61 Å². The number of halogens is 1. The molecule has 4 nitrogen and oxygen atoms in total. The molecule has 2 aromatic rings. The molecule has 2 N–H and O–H groups in total. The fourth-order valence-corrected chi connectivity index (χ4v) is 2.38. The summed E-state index contributed by atoms with van der Waals surface area (Å²) in [4.78, 5) is 4.30. The molecular formula is C19H22ClNO3. The van der Waals surface area contributed by atoms with E-state index in [0.717, 1.165) is 5.56 Å². The van der Waals surface area contributed by atoms with Crippen LogP contribution in [-0.4, -0.2) is 23.0 Å².